The maximum Gasteiger partial charge on any atom is 0.241 e. The smallest absolute Gasteiger partial charge is 0.241 e. The normalized spacial score (nSPS) is 11.5. The summed E-state index contributed by atoms with van der Waals surface area (Å²) in [7, 11) is 3.44. The Bertz CT molecular complexity index is 520. The maximum absolute atomic E-state index is 11.7. The van der Waals surface area contributed by atoms with Crippen molar-refractivity contribution in [1.82, 2.24) is 20.7 Å². The molecule has 8 heteroatoms. The van der Waals surface area contributed by atoms with Crippen molar-refractivity contribution in [1.29, 1.82) is 0 Å². The Kier molecular flexibility index (Phi) is 8.85. The van der Waals surface area contributed by atoms with Gasteiger partial charge in [-0.2, -0.15) is 0 Å². The first-order chi connectivity index (χ1) is 11.5. The topological polar surface area (TPSA) is 92.0 Å². The van der Waals surface area contributed by atoms with Gasteiger partial charge < -0.3 is 24.8 Å². The Labute approximate surface area is 143 Å². The van der Waals surface area contributed by atoms with E-state index >= 15 is 0 Å². The van der Waals surface area contributed by atoms with E-state index in [2.05, 4.69) is 20.8 Å². The van der Waals surface area contributed by atoms with Gasteiger partial charge in [0, 0.05) is 39.4 Å². The van der Waals surface area contributed by atoms with Gasteiger partial charge >= 0.3 is 0 Å². The number of rotatable bonds is 9. The molecule has 1 rings (SSSR count). The summed E-state index contributed by atoms with van der Waals surface area (Å²) in [6.45, 7) is 8.47. The number of carbonyl (C=O) groups excluding carboxylic acids is 1. The van der Waals surface area contributed by atoms with Crippen LogP contribution in [0.4, 0.5) is 0 Å². The average molecular weight is 339 g/mol. The van der Waals surface area contributed by atoms with Crippen LogP contribution in [0.25, 0.3) is 0 Å². The zero-order valence-electron chi connectivity index (χ0n) is 15.3. The van der Waals surface area contributed by atoms with Crippen LogP contribution in [0.15, 0.2) is 9.52 Å². The molecule has 0 aliphatic carbocycles. The lowest BCUT2D eigenvalue weighted by molar-refractivity contribution is -0.127. The minimum absolute atomic E-state index is 0.0174. The summed E-state index contributed by atoms with van der Waals surface area (Å²) in [5, 5.41) is 10.2. The van der Waals surface area contributed by atoms with Gasteiger partial charge in [-0.3, -0.25) is 4.79 Å². The number of likely N-dealkylation sites (N-methyl/N-ethyl adjacent to an activating group) is 1. The molecular weight excluding hydrogens is 310 g/mol. The van der Waals surface area contributed by atoms with Crippen LogP contribution in [0.3, 0.4) is 0 Å². The second kappa shape index (κ2) is 10.6. The standard InChI is InChI=1S/C16H29N5O3/c1-6-23-9-7-8-17-16(19-11-15(22)21(4)5)18-10-14-12(2)20-24-13(14)3/h6-11H2,1-5H3,(H2,17,18,19). The van der Waals surface area contributed by atoms with Crippen molar-refractivity contribution in [3.05, 3.63) is 17.0 Å². The lowest BCUT2D eigenvalue weighted by Gasteiger charge is -2.15. The fraction of sp³-hybridized carbons (Fsp3) is 0.688. The van der Waals surface area contributed by atoms with E-state index in [-0.39, 0.29) is 12.5 Å². The molecule has 24 heavy (non-hydrogen) atoms. The maximum atomic E-state index is 11.7. The van der Waals surface area contributed by atoms with Gasteiger partial charge in [-0.05, 0) is 27.2 Å². The average Bonchev–Trinajstić information content (AvgIpc) is 2.87. The second-order valence-corrected chi connectivity index (χ2v) is 5.59. The summed E-state index contributed by atoms with van der Waals surface area (Å²) in [5.74, 6) is 1.33. The van der Waals surface area contributed by atoms with Crippen LogP contribution >= 0.6 is 0 Å². The number of guanidine groups is 1. The van der Waals surface area contributed by atoms with E-state index in [0.717, 1.165) is 23.4 Å². The minimum atomic E-state index is -0.0174. The van der Waals surface area contributed by atoms with Crippen LogP contribution in [0.1, 0.15) is 30.4 Å². The Morgan fingerprint density at radius 3 is 2.67 bits per heavy atom. The Hall–Kier alpha value is -2.09. The molecule has 0 aliphatic rings. The summed E-state index contributed by atoms with van der Waals surface area (Å²) in [6, 6.07) is 0. The van der Waals surface area contributed by atoms with Crippen molar-refractivity contribution in [2.75, 3.05) is 40.4 Å². The molecule has 0 fully saturated rings. The van der Waals surface area contributed by atoms with Gasteiger partial charge in [0.2, 0.25) is 5.91 Å². The number of aryl methyl sites for hydroxylation is 2. The fourth-order valence-electron chi connectivity index (χ4n) is 1.90. The molecule has 0 spiro atoms. The summed E-state index contributed by atoms with van der Waals surface area (Å²) in [6.07, 6.45) is 0.863. The third-order valence-corrected chi connectivity index (χ3v) is 3.44. The number of aliphatic imine (C=N–C) groups is 1. The number of ether oxygens (including phenoxy) is 1. The Balaban J connectivity index is 2.61. The van der Waals surface area contributed by atoms with E-state index in [4.69, 9.17) is 9.26 Å². The van der Waals surface area contributed by atoms with Crippen molar-refractivity contribution < 1.29 is 14.1 Å². The number of nitrogens with zero attached hydrogens (tertiary/aromatic N) is 3. The zero-order valence-corrected chi connectivity index (χ0v) is 15.3. The van der Waals surface area contributed by atoms with Crippen molar-refractivity contribution in [3.63, 3.8) is 0 Å². The van der Waals surface area contributed by atoms with Crippen molar-refractivity contribution in [2.45, 2.75) is 33.7 Å². The van der Waals surface area contributed by atoms with Crippen LogP contribution in [0.5, 0.6) is 0 Å². The SMILES string of the molecule is CCOCCCNC(=NCc1c(C)noc1C)NCC(=O)N(C)C. The molecule has 0 unspecified atom stereocenters. The van der Waals surface area contributed by atoms with Crippen LogP contribution < -0.4 is 10.6 Å². The summed E-state index contributed by atoms with van der Waals surface area (Å²) < 4.78 is 10.5. The molecule has 2 N–H and O–H groups in total. The van der Waals surface area contributed by atoms with Gasteiger partial charge in [-0.15, -0.1) is 0 Å². The van der Waals surface area contributed by atoms with E-state index in [0.29, 0.717) is 32.3 Å². The van der Waals surface area contributed by atoms with Crippen LogP contribution in [-0.4, -0.2) is 62.3 Å². The molecule has 0 aliphatic heterocycles. The summed E-state index contributed by atoms with van der Waals surface area (Å²) >= 11 is 0. The number of carbonyl (C=O) groups is 1. The van der Waals surface area contributed by atoms with Gasteiger partial charge in [0.1, 0.15) is 5.76 Å². The van der Waals surface area contributed by atoms with Gasteiger partial charge in [-0.1, -0.05) is 5.16 Å². The Morgan fingerprint density at radius 2 is 2.08 bits per heavy atom. The Morgan fingerprint density at radius 1 is 1.33 bits per heavy atom. The predicted molar refractivity (Wildman–Crippen MR) is 92.9 cm³/mol. The van der Waals surface area contributed by atoms with Gasteiger partial charge in [0.15, 0.2) is 5.96 Å². The number of amides is 1. The van der Waals surface area contributed by atoms with Crippen molar-refractivity contribution >= 4 is 11.9 Å². The number of nitrogens with one attached hydrogen (secondary N) is 2. The molecule has 1 aromatic heterocycles. The lowest BCUT2D eigenvalue weighted by Crippen LogP contribution is -2.43. The van der Waals surface area contributed by atoms with Gasteiger partial charge in [0.25, 0.3) is 0 Å². The monoisotopic (exact) mass is 339 g/mol. The molecule has 136 valence electrons. The van der Waals surface area contributed by atoms with E-state index in [1.807, 2.05) is 20.8 Å². The van der Waals surface area contributed by atoms with Crippen molar-refractivity contribution in [3.8, 4) is 0 Å². The highest BCUT2D eigenvalue weighted by Gasteiger charge is 2.10. The van der Waals surface area contributed by atoms with E-state index in [1.54, 1.807) is 14.1 Å². The molecule has 8 nitrogen and oxygen atoms in total. The number of hydrogen-bond acceptors (Lipinski definition) is 5. The highest BCUT2D eigenvalue weighted by Crippen LogP contribution is 2.12. The molecule has 1 aromatic rings. The quantitative estimate of drug-likeness (QED) is 0.393. The van der Waals surface area contributed by atoms with Gasteiger partial charge in [0.05, 0.1) is 18.8 Å². The molecule has 1 heterocycles. The largest absolute Gasteiger partial charge is 0.382 e. The molecule has 0 radical (unpaired) electrons. The minimum Gasteiger partial charge on any atom is -0.382 e. The predicted octanol–water partition coefficient (Wildman–Crippen LogP) is 0.841. The molecule has 0 aromatic carbocycles. The third-order valence-electron chi connectivity index (χ3n) is 3.44. The zero-order chi connectivity index (χ0) is 17.9. The lowest BCUT2D eigenvalue weighted by atomic mass is 10.2. The highest BCUT2D eigenvalue weighted by molar-refractivity contribution is 5.86. The first-order valence-electron chi connectivity index (χ1n) is 8.17. The molecule has 0 bridgehead atoms. The first-order valence-corrected chi connectivity index (χ1v) is 8.17. The van der Waals surface area contributed by atoms with E-state index in [1.165, 1.54) is 4.90 Å². The summed E-state index contributed by atoms with van der Waals surface area (Å²) in [5.41, 5.74) is 1.79. The summed E-state index contributed by atoms with van der Waals surface area (Å²) in [4.78, 5) is 17.8. The van der Waals surface area contributed by atoms with Crippen LogP contribution in [0, 0.1) is 13.8 Å². The molecule has 0 atom stereocenters. The van der Waals surface area contributed by atoms with Gasteiger partial charge in [-0.25, -0.2) is 4.99 Å². The van der Waals surface area contributed by atoms with E-state index < -0.39 is 0 Å². The third kappa shape index (κ3) is 6.99. The fourth-order valence-corrected chi connectivity index (χ4v) is 1.90. The molecule has 1 amide bonds. The molecule has 0 saturated carbocycles. The van der Waals surface area contributed by atoms with E-state index in [9.17, 15) is 4.79 Å². The van der Waals surface area contributed by atoms with Crippen LogP contribution in [-0.2, 0) is 16.1 Å². The highest BCUT2D eigenvalue weighted by atomic mass is 16.5. The molecular formula is C16H29N5O3. The van der Waals surface area contributed by atoms with Crippen LogP contribution in [0.2, 0.25) is 0 Å². The number of hydrogen-bond donors (Lipinski definition) is 2. The first kappa shape index (κ1) is 20.0. The second-order valence-electron chi connectivity index (χ2n) is 5.59. The number of aromatic nitrogens is 1. The van der Waals surface area contributed by atoms with Crippen molar-refractivity contribution in [2.24, 2.45) is 4.99 Å². The molecule has 0 saturated heterocycles.